The van der Waals surface area contributed by atoms with Crippen LogP contribution in [-0.4, -0.2) is 24.8 Å². The minimum Gasteiger partial charge on any atom is -0.493 e. The number of carbonyl (C=O) groups is 1. The third kappa shape index (κ3) is 4.76. The van der Waals surface area contributed by atoms with Crippen molar-refractivity contribution in [3.63, 3.8) is 0 Å². The van der Waals surface area contributed by atoms with Crippen molar-refractivity contribution in [2.75, 3.05) is 13.7 Å². The second-order valence-electron chi connectivity index (χ2n) is 5.90. The lowest BCUT2D eigenvalue weighted by molar-refractivity contribution is -0.115. The molecular weight excluding hydrogens is 372 g/mol. The Kier molecular flexibility index (Phi) is 6.41. The molecule has 0 saturated carbocycles. The Labute approximate surface area is 168 Å². The molecule has 0 unspecified atom stereocenters. The van der Waals surface area contributed by atoms with Gasteiger partial charge in [0.25, 0.3) is 5.91 Å². The molecule has 2 aromatic rings. The minimum atomic E-state index is -0.180. The fraction of sp³-hybridized carbons (Fsp3) is 0.182. The van der Waals surface area contributed by atoms with E-state index in [1.165, 1.54) is 17.3 Å². The van der Waals surface area contributed by atoms with Crippen molar-refractivity contribution in [2.24, 2.45) is 4.99 Å². The summed E-state index contributed by atoms with van der Waals surface area (Å²) in [4.78, 5) is 17.3. The van der Waals surface area contributed by atoms with E-state index in [0.29, 0.717) is 21.6 Å². The van der Waals surface area contributed by atoms with Gasteiger partial charge in [0.15, 0.2) is 16.7 Å². The molecule has 1 amide bonds. The molecule has 3 rings (SSSR count). The van der Waals surface area contributed by atoms with E-state index in [-0.39, 0.29) is 12.5 Å². The SMILES string of the molecule is C#CCOc1ccc(/C=C2\SC(=Nc3ccc(CC)cc3)NC2=O)cc1OC. The Hall–Kier alpha value is -3.17. The number of rotatable bonds is 6. The molecule has 0 bridgehead atoms. The largest absolute Gasteiger partial charge is 0.493 e. The van der Waals surface area contributed by atoms with Gasteiger partial charge < -0.3 is 14.8 Å². The number of aliphatic imine (C=N–C) groups is 1. The van der Waals surface area contributed by atoms with Crippen LogP contribution in [0.2, 0.25) is 0 Å². The van der Waals surface area contributed by atoms with Crippen molar-refractivity contribution in [3.05, 3.63) is 58.5 Å². The Bertz CT molecular complexity index is 972. The number of nitrogens with one attached hydrogen (secondary N) is 1. The molecule has 1 aliphatic rings. The zero-order valence-electron chi connectivity index (χ0n) is 15.7. The Morgan fingerprint density at radius 3 is 2.68 bits per heavy atom. The van der Waals surface area contributed by atoms with Crippen LogP contribution in [0.3, 0.4) is 0 Å². The molecule has 6 heteroatoms. The molecule has 2 aromatic carbocycles. The number of amides is 1. The van der Waals surface area contributed by atoms with Crippen LogP contribution in [0.1, 0.15) is 18.1 Å². The highest BCUT2D eigenvalue weighted by molar-refractivity contribution is 8.18. The van der Waals surface area contributed by atoms with E-state index in [1.54, 1.807) is 25.3 Å². The number of ether oxygens (including phenoxy) is 2. The van der Waals surface area contributed by atoms with Crippen LogP contribution in [0.4, 0.5) is 5.69 Å². The summed E-state index contributed by atoms with van der Waals surface area (Å²) in [5, 5.41) is 3.35. The molecule has 0 atom stereocenters. The smallest absolute Gasteiger partial charge is 0.264 e. The molecule has 0 aromatic heterocycles. The van der Waals surface area contributed by atoms with Crippen molar-refractivity contribution < 1.29 is 14.3 Å². The summed E-state index contributed by atoms with van der Waals surface area (Å²) >= 11 is 1.30. The number of carbonyl (C=O) groups excluding carboxylic acids is 1. The third-order valence-corrected chi connectivity index (χ3v) is 4.93. The fourth-order valence-corrected chi connectivity index (χ4v) is 3.41. The first kappa shape index (κ1) is 19.6. The molecule has 0 radical (unpaired) electrons. The molecule has 28 heavy (non-hydrogen) atoms. The zero-order valence-corrected chi connectivity index (χ0v) is 16.5. The summed E-state index contributed by atoms with van der Waals surface area (Å²) in [6.45, 7) is 2.27. The fourth-order valence-electron chi connectivity index (χ4n) is 2.57. The van der Waals surface area contributed by atoms with Gasteiger partial charge in [-0.3, -0.25) is 4.79 Å². The van der Waals surface area contributed by atoms with Gasteiger partial charge in [0, 0.05) is 0 Å². The zero-order chi connectivity index (χ0) is 19.9. The van der Waals surface area contributed by atoms with Gasteiger partial charge in [0.2, 0.25) is 0 Å². The Morgan fingerprint density at radius 1 is 1.21 bits per heavy atom. The summed E-state index contributed by atoms with van der Waals surface area (Å²) in [5.74, 6) is 3.35. The summed E-state index contributed by atoms with van der Waals surface area (Å²) in [6.07, 6.45) is 7.99. The number of terminal acetylenes is 1. The van der Waals surface area contributed by atoms with Crippen LogP contribution in [0, 0.1) is 12.3 Å². The van der Waals surface area contributed by atoms with Gasteiger partial charge in [-0.2, -0.15) is 0 Å². The number of benzene rings is 2. The summed E-state index contributed by atoms with van der Waals surface area (Å²) in [7, 11) is 1.56. The Balaban J connectivity index is 1.78. The number of aryl methyl sites for hydroxylation is 1. The predicted octanol–water partition coefficient (Wildman–Crippen LogP) is 4.16. The van der Waals surface area contributed by atoms with Gasteiger partial charge in [0.05, 0.1) is 17.7 Å². The van der Waals surface area contributed by atoms with Gasteiger partial charge >= 0.3 is 0 Å². The lowest BCUT2D eigenvalue weighted by Gasteiger charge is -2.09. The molecule has 5 nitrogen and oxygen atoms in total. The first-order chi connectivity index (χ1) is 13.6. The van der Waals surface area contributed by atoms with E-state index < -0.39 is 0 Å². The van der Waals surface area contributed by atoms with Crippen LogP contribution in [0.15, 0.2) is 52.4 Å². The quantitative estimate of drug-likeness (QED) is 0.592. The van der Waals surface area contributed by atoms with Crippen LogP contribution < -0.4 is 14.8 Å². The Morgan fingerprint density at radius 2 is 2.00 bits per heavy atom. The van der Waals surface area contributed by atoms with E-state index in [2.05, 4.69) is 23.2 Å². The highest BCUT2D eigenvalue weighted by atomic mass is 32.2. The summed E-state index contributed by atoms with van der Waals surface area (Å²) < 4.78 is 10.8. The van der Waals surface area contributed by atoms with Gasteiger partial charge in [0.1, 0.15) is 6.61 Å². The number of amidine groups is 1. The van der Waals surface area contributed by atoms with Crippen LogP contribution in [0.25, 0.3) is 6.08 Å². The van der Waals surface area contributed by atoms with Gasteiger partial charge in [-0.25, -0.2) is 4.99 Å². The lowest BCUT2D eigenvalue weighted by Crippen LogP contribution is -2.19. The first-order valence-corrected chi connectivity index (χ1v) is 9.57. The van der Waals surface area contributed by atoms with Crippen molar-refractivity contribution in [3.8, 4) is 23.8 Å². The average Bonchev–Trinajstić information content (AvgIpc) is 3.06. The van der Waals surface area contributed by atoms with E-state index in [0.717, 1.165) is 17.7 Å². The maximum atomic E-state index is 12.3. The average molecular weight is 392 g/mol. The van der Waals surface area contributed by atoms with Gasteiger partial charge in [-0.1, -0.05) is 31.0 Å². The van der Waals surface area contributed by atoms with Gasteiger partial charge in [-0.05, 0) is 59.7 Å². The maximum absolute atomic E-state index is 12.3. The molecular formula is C22H20N2O3S. The molecule has 142 valence electrons. The molecule has 1 heterocycles. The molecule has 0 spiro atoms. The molecule has 1 N–H and O–H groups in total. The molecule has 1 aliphatic heterocycles. The number of nitrogens with zero attached hydrogens (tertiary/aromatic N) is 1. The third-order valence-electron chi connectivity index (χ3n) is 4.02. The number of methoxy groups -OCH3 is 1. The predicted molar refractivity (Wildman–Crippen MR) is 114 cm³/mol. The van der Waals surface area contributed by atoms with Crippen molar-refractivity contribution in [1.82, 2.24) is 5.32 Å². The van der Waals surface area contributed by atoms with Crippen molar-refractivity contribution in [1.29, 1.82) is 0 Å². The number of hydrogen-bond acceptors (Lipinski definition) is 5. The highest BCUT2D eigenvalue weighted by Crippen LogP contribution is 2.32. The van der Waals surface area contributed by atoms with E-state index in [1.807, 2.05) is 30.3 Å². The minimum absolute atomic E-state index is 0.161. The summed E-state index contributed by atoms with van der Waals surface area (Å²) in [6, 6.07) is 13.4. The van der Waals surface area contributed by atoms with E-state index >= 15 is 0 Å². The van der Waals surface area contributed by atoms with Gasteiger partial charge in [-0.15, -0.1) is 6.42 Å². The molecule has 1 fully saturated rings. The first-order valence-electron chi connectivity index (χ1n) is 8.75. The maximum Gasteiger partial charge on any atom is 0.264 e. The normalized spacial score (nSPS) is 16.1. The van der Waals surface area contributed by atoms with Crippen LogP contribution >= 0.6 is 11.8 Å². The summed E-state index contributed by atoms with van der Waals surface area (Å²) in [5.41, 5.74) is 2.87. The second-order valence-corrected chi connectivity index (χ2v) is 6.94. The van der Waals surface area contributed by atoms with Crippen LogP contribution in [0.5, 0.6) is 11.5 Å². The van der Waals surface area contributed by atoms with Crippen LogP contribution in [-0.2, 0) is 11.2 Å². The number of thioether (sulfide) groups is 1. The molecule has 0 aliphatic carbocycles. The second kappa shape index (κ2) is 9.16. The van der Waals surface area contributed by atoms with E-state index in [4.69, 9.17) is 15.9 Å². The standard InChI is InChI=1S/C22H20N2O3S/c1-4-12-27-18-11-8-16(13-19(18)26-3)14-20-21(25)24-22(28-20)23-17-9-6-15(5-2)7-10-17/h1,6-11,13-14H,5,12H2,2-3H3,(H,23,24,25)/b20-14-. The molecule has 1 saturated heterocycles. The monoisotopic (exact) mass is 392 g/mol. The highest BCUT2D eigenvalue weighted by Gasteiger charge is 2.24. The lowest BCUT2D eigenvalue weighted by atomic mass is 10.2. The van der Waals surface area contributed by atoms with E-state index in [9.17, 15) is 4.79 Å². The number of hydrogen-bond donors (Lipinski definition) is 1. The van der Waals surface area contributed by atoms with Crippen molar-refractivity contribution in [2.45, 2.75) is 13.3 Å². The topological polar surface area (TPSA) is 59.9 Å². The van der Waals surface area contributed by atoms with Crippen molar-refractivity contribution >= 4 is 34.6 Å².